The van der Waals surface area contributed by atoms with E-state index in [9.17, 15) is 0 Å². The van der Waals surface area contributed by atoms with Crippen LogP contribution >= 0.6 is 11.6 Å². The summed E-state index contributed by atoms with van der Waals surface area (Å²) in [4.78, 5) is 0. The van der Waals surface area contributed by atoms with Gasteiger partial charge in [-0.25, -0.2) is 0 Å². The van der Waals surface area contributed by atoms with Crippen LogP contribution in [0, 0.1) is 10.8 Å². The first kappa shape index (κ1) is 6.37. The van der Waals surface area contributed by atoms with Crippen LogP contribution in [0.4, 0.5) is 0 Å². The Morgan fingerprint density at radius 2 is 2.14 bits per heavy atom. The van der Waals surface area contributed by atoms with Gasteiger partial charge in [0, 0.05) is 11.8 Å². The monoisotopic (exact) mass is 116 g/mol. The Kier molecular flexibility index (Phi) is 2.30. The normalized spacial score (nSPS) is 7.57. The number of hydrogen-bond donors (Lipinski definition) is 2. The number of rotatable bonds is 2. The number of hydrogen-bond acceptors (Lipinski definition) is 2. The zero-order valence-corrected chi connectivity index (χ0v) is 4.42. The molecule has 0 spiro atoms. The third kappa shape index (κ3) is 2.11. The third-order valence-electron chi connectivity index (χ3n) is 0.456. The number of allylic oxidation sites excluding steroid dienone is 1. The topological polar surface area (TPSA) is 47.7 Å². The van der Waals surface area contributed by atoms with Gasteiger partial charge in [0.1, 0.15) is 5.17 Å². The Bertz CT molecular complexity index is 117. The SMILES string of the molecule is C=C(C=N)C(=N)Cl. The van der Waals surface area contributed by atoms with Crippen molar-refractivity contribution >= 4 is 23.0 Å². The second-order valence-corrected chi connectivity index (χ2v) is 1.36. The maximum Gasteiger partial charge on any atom is 0.128 e. The molecule has 0 saturated heterocycles. The van der Waals surface area contributed by atoms with E-state index in [-0.39, 0.29) is 10.7 Å². The molecule has 0 aliphatic rings. The number of nitrogens with one attached hydrogen (secondary N) is 2. The van der Waals surface area contributed by atoms with Gasteiger partial charge >= 0.3 is 0 Å². The van der Waals surface area contributed by atoms with E-state index in [0.29, 0.717) is 0 Å². The maximum absolute atomic E-state index is 6.61. The highest BCUT2D eigenvalue weighted by atomic mass is 35.5. The van der Waals surface area contributed by atoms with Crippen LogP contribution in [-0.4, -0.2) is 11.4 Å². The summed E-state index contributed by atoms with van der Waals surface area (Å²) in [6.45, 7) is 3.27. The van der Waals surface area contributed by atoms with Crippen LogP contribution in [0.2, 0.25) is 0 Å². The van der Waals surface area contributed by atoms with E-state index in [0.717, 1.165) is 6.21 Å². The van der Waals surface area contributed by atoms with Crippen molar-refractivity contribution in [3.63, 3.8) is 0 Å². The Morgan fingerprint density at radius 3 is 2.14 bits per heavy atom. The molecule has 7 heavy (non-hydrogen) atoms. The third-order valence-corrected chi connectivity index (χ3v) is 0.699. The van der Waals surface area contributed by atoms with Crippen molar-refractivity contribution < 1.29 is 0 Å². The highest BCUT2D eigenvalue weighted by molar-refractivity contribution is 6.70. The zero-order valence-electron chi connectivity index (χ0n) is 3.66. The minimum atomic E-state index is -0.171. The predicted molar refractivity (Wildman–Crippen MR) is 31.5 cm³/mol. The zero-order chi connectivity index (χ0) is 5.86. The molecule has 0 bridgehead atoms. The maximum atomic E-state index is 6.61. The molecule has 38 valence electrons. The van der Waals surface area contributed by atoms with Crippen LogP contribution in [-0.2, 0) is 0 Å². The second kappa shape index (κ2) is 2.53. The fourth-order valence-corrected chi connectivity index (χ4v) is 0.118. The molecule has 2 nitrogen and oxygen atoms in total. The van der Waals surface area contributed by atoms with Gasteiger partial charge < -0.3 is 5.41 Å². The van der Waals surface area contributed by atoms with Crippen molar-refractivity contribution in [3.05, 3.63) is 12.2 Å². The first-order chi connectivity index (χ1) is 3.18. The second-order valence-electron chi connectivity index (χ2n) is 0.984. The molecule has 0 atom stereocenters. The summed E-state index contributed by atoms with van der Waals surface area (Å²) in [6.07, 6.45) is 0.940. The molecular formula is C4H5ClN2. The van der Waals surface area contributed by atoms with E-state index >= 15 is 0 Å². The lowest BCUT2D eigenvalue weighted by Gasteiger charge is -1.84. The van der Waals surface area contributed by atoms with Crippen LogP contribution in [0.1, 0.15) is 0 Å². The molecule has 0 saturated carbocycles. The van der Waals surface area contributed by atoms with Gasteiger partial charge in [-0.05, 0) is 0 Å². The van der Waals surface area contributed by atoms with Gasteiger partial charge in [-0.2, -0.15) is 0 Å². The summed E-state index contributed by atoms with van der Waals surface area (Å²) < 4.78 is 0. The van der Waals surface area contributed by atoms with Crippen molar-refractivity contribution in [2.24, 2.45) is 0 Å². The number of halogens is 1. The Hall–Kier alpha value is -0.630. The molecule has 0 aliphatic heterocycles. The summed E-state index contributed by atoms with van der Waals surface area (Å²) in [5.41, 5.74) is 0.238. The van der Waals surface area contributed by atoms with Crippen LogP contribution in [0.5, 0.6) is 0 Å². The average Bonchev–Trinajstić information content (AvgIpc) is 1.65. The van der Waals surface area contributed by atoms with Crippen LogP contribution in [0.3, 0.4) is 0 Å². The van der Waals surface area contributed by atoms with Gasteiger partial charge in [-0.15, -0.1) is 0 Å². The fourth-order valence-electron chi connectivity index (χ4n) is 0.0634. The summed E-state index contributed by atoms with van der Waals surface area (Å²) in [7, 11) is 0. The molecule has 3 heteroatoms. The standard InChI is InChI=1S/C4H5ClN2/c1-3(2-6)4(5)7/h2,6-7H,1H2. The quantitative estimate of drug-likeness (QED) is 0.513. The lowest BCUT2D eigenvalue weighted by molar-refractivity contribution is 1.53. The average molecular weight is 117 g/mol. The van der Waals surface area contributed by atoms with Gasteiger partial charge in [0.15, 0.2) is 0 Å². The van der Waals surface area contributed by atoms with Crippen LogP contribution in [0.15, 0.2) is 12.2 Å². The molecule has 0 aromatic rings. The summed E-state index contributed by atoms with van der Waals surface area (Å²) in [6, 6.07) is 0. The summed E-state index contributed by atoms with van der Waals surface area (Å²) in [5.74, 6) is 0. The molecule has 0 fully saturated rings. The van der Waals surface area contributed by atoms with Crippen molar-refractivity contribution in [3.8, 4) is 0 Å². The van der Waals surface area contributed by atoms with Crippen molar-refractivity contribution in [1.82, 2.24) is 0 Å². The predicted octanol–water partition coefficient (Wildman–Crippen LogP) is 1.41. The fraction of sp³-hybridized carbons (Fsp3) is 0. The first-order valence-electron chi connectivity index (χ1n) is 1.62. The van der Waals surface area contributed by atoms with Crippen LogP contribution in [0.25, 0.3) is 0 Å². The molecule has 2 N–H and O–H groups in total. The molecule has 0 aliphatic carbocycles. The lowest BCUT2D eigenvalue weighted by atomic mass is 10.4. The van der Waals surface area contributed by atoms with E-state index < -0.39 is 0 Å². The van der Waals surface area contributed by atoms with Gasteiger partial charge in [-0.1, -0.05) is 18.2 Å². The van der Waals surface area contributed by atoms with E-state index in [1.807, 2.05) is 0 Å². The molecule has 0 radical (unpaired) electrons. The van der Waals surface area contributed by atoms with Gasteiger partial charge in [0.25, 0.3) is 0 Å². The van der Waals surface area contributed by atoms with E-state index in [4.69, 9.17) is 22.4 Å². The Labute approximate surface area is 46.8 Å². The molecule has 0 amide bonds. The van der Waals surface area contributed by atoms with Gasteiger partial charge in [0.05, 0.1) is 0 Å². The van der Waals surface area contributed by atoms with Gasteiger partial charge in [-0.3, -0.25) is 5.41 Å². The summed E-state index contributed by atoms with van der Waals surface area (Å²) in [5, 5.41) is 12.9. The molecule has 0 aromatic carbocycles. The molecule has 0 rings (SSSR count). The van der Waals surface area contributed by atoms with Crippen molar-refractivity contribution in [1.29, 1.82) is 10.8 Å². The lowest BCUT2D eigenvalue weighted by Crippen LogP contribution is -1.88. The molecule has 0 unspecified atom stereocenters. The minimum Gasteiger partial charge on any atom is -0.308 e. The first-order valence-corrected chi connectivity index (χ1v) is 2.00. The highest BCUT2D eigenvalue weighted by Gasteiger charge is 1.88. The van der Waals surface area contributed by atoms with Crippen molar-refractivity contribution in [2.45, 2.75) is 0 Å². The summed E-state index contributed by atoms with van der Waals surface area (Å²) >= 11 is 5.06. The van der Waals surface area contributed by atoms with Gasteiger partial charge in [0.2, 0.25) is 0 Å². The van der Waals surface area contributed by atoms with E-state index in [2.05, 4.69) is 6.58 Å². The minimum absolute atomic E-state index is 0.171. The van der Waals surface area contributed by atoms with E-state index in [1.165, 1.54) is 0 Å². The molecule has 0 aromatic heterocycles. The Morgan fingerprint density at radius 1 is 1.71 bits per heavy atom. The largest absolute Gasteiger partial charge is 0.308 e. The molecular weight excluding hydrogens is 112 g/mol. The highest BCUT2D eigenvalue weighted by Crippen LogP contribution is 1.90. The van der Waals surface area contributed by atoms with E-state index in [1.54, 1.807) is 0 Å². The molecule has 0 heterocycles. The Balaban J connectivity index is 3.81. The van der Waals surface area contributed by atoms with Crippen LogP contribution < -0.4 is 0 Å². The smallest absolute Gasteiger partial charge is 0.128 e. The van der Waals surface area contributed by atoms with Crippen molar-refractivity contribution in [2.75, 3.05) is 0 Å².